The van der Waals surface area contributed by atoms with Crippen LogP contribution in [0.25, 0.3) is 0 Å². The van der Waals surface area contributed by atoms with Crippen molar-refractivity contribution in [2.75, 3.05) is 18.8 Å². The normalized spacial score (nSPS) is 10.7. The van der Waals surface area contributed by atoms with Crippen molar-refractivity contribution in [1.82, 2.24) is 4.90 Å². The second-order valence-corrected chi connectivity index (χ2v) is 6.88. The molecule has 0 saturated carbocycles. The summed E-state index contributed by atoms with van der Waals surface area (Å²) in [7, 11) is 0. The molecule has 136 valence electrons. The molecule has 0 amide bonds. The van der Waals surface area contributed by atoms with Crippen molar-refractivity contribution in [3.05, 3.63) is 77.9 Å². The van der Waals surface area contributed by atoms with E-state index in [1.165, 1.54) is 11.8 Å². The maximum Gasteiger partial charge on any atom is 0.336 e. The molecule has 0 heterocycles. The quantitative estimate of drug-likeness (QED) is 0.491. The molecular weight excluding hydrogens is 350 g/mol. The third kappa shape index (κ3) is 6.38. The molecule has 0 bridgehead atoms. The van der Waals surface area contributed by atoms with Gasteiger partial charge in [-0.05, 0) is 17.7 Å². The molecule has 2 aromatic rings. The SMILES string of the molecule is C=C(CSc1ccccc1C(=O)O)CN(CC(=O)O)Cc1ccccc1. The van der Waals surface area contributed by atoms with Crippen LogP contribution in [0.15, 0.2) is 71.6 Å². The van der Waals surface area contributed by atoms with Crippen molar-refractivity contribution in [1.29, 1.82) is 0 Å². The highest BCUT2D eigenvalue weighted by Crippen LogP contribution is 2.24. The van der Waals surface area contributed by atoms with Crippen LogP contribution < -0.4 is 0 Å². The number of carboxylic acid groups (broad SMARTS) is 2. The molecule has 0 atom stereocenters. The predicted molar refractivity (Wildman–Crippen MR) is 103 cm³/mol. The highest BCUT2D eigenvalue weighted by molar-refractivity contribution is 7.99. The number of carboxylic acids is 2. The smallest absolute Gasteiger partial charge is 0.336 e. The van der Waals surface area contributed by atoms with Gasteiger partial charge in [0, 0.05) is 23.7 Å². The molecule has 2 aromatic carbocycles. The van der Waals surface area contributed by atoms with Crippen molar-refractivity contribution in [2.24, 2.45) is 0 Å². The lowest BCUT2D eigenvalue weighted by atomic mass is 10.2. The Morgan fingerprint density at radius 1 is 0.962 bits per heavy atom. The topological polar surface area (TPSA) is 77.8 Å². The number of hydrogen-bond donors (Lipinski definition) is 2. The minimum absolute atomic E-state index is 0.0791. The second kappa shape index (κ2) is 9.79. The van der Waals surface area contributed by atoms with Crippen LogP contribution >= 0.6 is 11.8 Å². The lowest BCUT2D eigenvalue weighted by Gasteiger charge is -2.21. The first-order valence-corrected chi connectivity index (χ1v) is 9.04. The summed E-state index contributed by atoms with van der Waals surface area (Å²) in [4.78, 5) is 24.9. The van der Waals surface area contributed by atoms with Crippen LogP contribution in [0.5, 0.6) is 0 Å². The minimum Gasteiger partial charge on any atom is -0.480 e. The Labute approximate surface area is 157 Å². The molecule has 0 saturated heterocycles. The van der Waals surface area contributed by atoms with E-state index in [1.807, 2.05) is 35.2 Å². The number of nitrogens with zero attached hydrogens (tertiary/aromatic N) is 1. The van der Waals surface area contributed by atoms with Gasteiger partial charge in [-0.15, -0.1) is 11.8 Å². The summed E-state index contributed by atoms with van der Waals surface area (Å²) in [5, 5.41) is 18.4. The first-order valence-electron chi connectivity index (χ1n) is 8.05. The van der Waals surface area contributed by atoms with Crippen LogP contribution in [0.4, 0.5) is 0 Å². The van der Waals surface area contributed by atoms with E-state index < -0.39 is 11.9 Å². The van der Waals surface area contributed by atoms with E-state index >= 15 is 0 Å². The van der Waals surface area contributed by atoms with Gasteiger partial charge in [0.1, 0.15) is 0 Å². The fourth-order valence-electron chi connectivity index (χ4n) is 2.51. The summed E-state index contributed by atoms with van der Waals surface area (Å²) in [6, 6.07) is 16.5. The van der Waals surface area contributed by atoms with Crippen molar-refractivity contribution in [3.63, 3.8) is 0 Å². The number of aromatic carboxylic acids is 1. The Hall–Kier alpha value is -2.57. The van der Waals surface area contributed by atoms with E-state index in [1.54, 1.807) is 24.3 Å². The summed E-state index contributed by atoms with van der Waals surface area (Å²) < 4.78 is 0. The summed E-state index contributed by atoms with van der Waals surface area (Å²) in [5.41, 5.74) is 2.13. The number of aliphatic carboxylic acids is 1. The molecule has 26 heavy (non-hydrogen) atoms. The van der Waals surface area contributed by atoms with Crippen LogP contribution in [0.2, 0.25) is 0 Å². The molecule has 2 rings (SSSR count). The molecular formula is C20H21NO4S. The van der Waals surface area contributed by atoms with Gasteiger partial charge in [-0.2, -0.15) is 0 Å². The van der Waals surface area contributed by atoms with Crippen LogP contribution in [-0.2, 0) is 11.3 Å². The van der Waals surface area contributed by atoms with Crippen molar-refractivity contribution >= 4 is 23.7 Å². The summed E-state index contributed by atoms with van der Waals surface area (Å²) >= 11 is 1.40. The second-order valence-electron chi connectivity index (χ2n) is 5.86. The van der Waals surface area contributed by atoms with E-state index in [-0.39, 0.29) is 12.1 Å². The van der Waals surface area contributed by atoms with E-state index in [2.05, 4.69) is 6.58 Å². The molecule has 0 radical (unpaired) electrons. The molecule has 0 fully saturated rings. The first-order chi connectivity index (χ1) is 12.5. The zero-order valence-electron chi connectivity index (χ0n) is 14.3. The van der Waals surface area contributed by atoms with Gasteiger partial charge in [-0.1, -0.05) is 54.6 Å². The molecule has 0 unspecified atom stereocenters. The molecule has 2 N–H and O–H groups in total. The highest BCUT2D eigenvalue weighted by Gasteiger charge is 2.14. The standard InChI is InChI=1S/C20H21NO4S/c1-15(14-26-18-10-6-5-9-17(18)20(24)25)11-21(13-19(22)23)12-16-7-3-2-4-8-16/h2-10H,1,11-14H2,(H,22,23)(H,24,25). The molecule has 0 aliphatic carbocycles. The summed E-state index contributed by atoms with van der Waals surface area (Å²) in [5.74, 6) is -1.33. The van der Waals surface area contributed by atoms with E-state index in [0.717, 1.165) is 11.1 Å². The monoisotopic (exact) mass is 371 g/mol. The van der Waals surface area contributed by atoms with E-state index in [4.69, 9.17) is 5.11 Å². The fourth-order valence-corrected chi connectivity index (χ4v) is 3.45. The Kier molecular flexibility index (Phi) is 7.44. The van der Waals surface area contributed by atoms with Gasteiger partial charge in [0.25, 0.3) is 0 Å². The summed E-state index contributed by atoms with van der Waals surface area (Å²) in [6.45, 7) is 4.90. The number of carbonyl (C=O) groups is 2. The molecule has 6 heteroatoms. The van der Waals surface area contributed by atoms with Crippen molar-refractivity contribution in [3.8, 4) is 0 Å². The molecule has 0 spiro atoms. The van der Waals surface area contributed by atoms with Crippen LogP contribution in [0, 0.1) is 0 Å². The van der Waals surface area contributed by atoms with Gasteiger partial charge in [-0.3, -0.25) is 9.69 Å². The zero-order valence-corrected chi connectivity index (χ0v) is 15.1. The lowest BCUT2D eigenvalue weighted by Crippen LogP contribution is -2.31. The number of thioether (sulfide) groups is 1. The first kappa shape index (κ1) is 19.8. The predicted octanol–water partition coefficient (Wildman–Crippen LogP) is 3.62. The highest BCUT2D eigenvalue weighted by atomic mass is 32.2. The molecule has 5 nitrogen and oxygen atoms in total. The Bertz CT molecular complexity index is 776. The molecule has 0 aliphatic heterocycles. The van der Waals surface area contributed by atoms with Gasteiger partial charge in [-0.25, -0.2) is 4.79 Å². The van der Waals surface area contributed by atoms with Gasteiger partial charge in [0.05, 0.1) is 12.1 Å². The summed E-state index contributed by atoms with van der Waals surface area (Å²) in [6.07, 6.45) is 0. The van der Waals surface area contributed by atoms with Gasteiger partial charge in [0.15, 0.2) is 0 Å². The van der Waals surface area contributed by atoms with Crippen LogP contribution in [0.3, 0.4) is 0 Å². The van der Waals surface area contributed by atoms with Crippen LogP contribution in [0.1, 0.15) is 15.9 Å². The number of benzene rings is 2. The third-order valence-corrected chi connectivity index (χ3v) is 4.82. The average molecular weight is 371 g/mol. The zero-order chi connectivity index (χ0) is 18.9. The van der Waals surface area contributed by atoms with E-state index in [0.29, 0.717) is 23.7 Å². The van der Waals surface area contributed by atoms with E-state index in [9.17, 15) is 14.7 Å². The number of rotatable bonds is 10. The van der Waals surface area contributed by atoms with Crippen LogP contribution in [-0.4, -0.2) is 45.9 Å². The Balaban J connectivity index is 1.96. The van der Waals surface area contributed by atoms with Crippen molar-refractivity contribution < 1.29 is 19.8 Å². The van der Waals surface area contributed by atoms with Crippen molar-refractivity contribution in [2.45, 2.75) is 11.4 Å². The maximum atomic E-state index is 11.3. The molecule has 0 aromatic heterocycles. The largest absolute Gasteiger partial charge is 0.480 e. The fraction of sp³-hybridized carbons (Fsp3) is 0.200. The van der Waals surface area contributed by atoms with Gasteiger partial charge in [0.2, 0.25) is 0 Å². The Morgan fingerprint density at radius 3 is 2.27 bits per heavy atom. The average Bonchev–Trinajstić information content (AvgIpc) is 2.60. The Morgan fingerprint density at radius 2 is 1.62 bits per heavy atom. The minimum atomic E-state index is -0.963. The molecule has 0 aliphatic rings. The maximum absolute atomic E-state index is 11.3. The lowest BCUT2D eigenvalue weighted by molar-refractivity contribution is -0.138. The number of hydrogen-bond acceptors (Lipinski definition) is 4. The van der Waals surface area contributed by atoms with Gasteiger partial charge >= 0.3 is 11.9 Å². The van der Waals surface area contributed by atoms with Gasteiger partial charge < -0.3 is 10.2 Å². The third-order valence-electron chi connectivity index (χ3n) is 3.60.